The number of hydrogen-bond donors (Lipinski definition) is 2. The van der Waals surface area contributed by atoms with Crippen molar-refractivity contribution >= 4 is 33.7 Å². The van der Waals surface area contributed by atoms with Gasteiger partial charge in [0.15, 0.2) is 0 Å². The van der Waals surface area contributed by atoms with Crippen LogP contribution in [0, 0.1) is 5.41 Å². The number of ether oxygens (including phenoxy) is 1. The standard InChI is InChI=1S/C23H33BrN2O4/c1-22(2,3)26-20(28)23(4,5)21(29)30-18(15-11-13-16(24)14-12-15)19(27)25-17-9-7-6-8-10-17/h11-14,17-18H,6-10H2,1-5H3,(H,25,27)(H,26,28). The quantitative estimate of drug-likeness (QED) is 0.465. The summed E-state index contributed by atoms with van der Waals surface area (Å²) >= 11 is 3.38. The highest BCUT2D eigenvalue weighted by Gasteiger charge is 2.41. The maximum Gasteiger partial charge on any atom is 0.322 e. The Labute approximate surface area is 187 Å². The number of hydrogen-bond acceptors (Lipinski definition) is 4. The Hall–Kier alpha value is -1.89. The van der Waals surface area contributed by atoms with Gasteiger partial charge in [0.05, 0.1) is 0 Å². The van der Waals surface area contributed by atoms with Crippen LogP contribution in [-0.4, -0.2) is 29.4 Å². The lowest BCUT2D eigenvalue weighted by atomic mass is 9.90. The number of carbonyl (C=O) groups excluding carboxylic acids is 3. The molecule has 0 aliphatic heterocycles. The second-order valence-corrected chi connectivity index (χ2v) is 10.4. The molecule has 0 aromatic heterocycles. The highest BCUT2D eigenvalue weighted by Crippen LogP contribution is 2.27. The molecule has 1 aromatic carbocycles. The zero-order chi connectivity index (χ0) is 22.5. The molecule has 0 heterocycles. The van der Waals surface area contributed by atoms with Gasteiger partial charge in [0, 0.05) is 21.6 Å². The second-order valence-electron chi connectivity index (χ2n) is 9.51. The zero-order valence-electron chi connectivity index (χ0n) is 18.5. The summed E-state index contributed by atoms with van der Waals surface area (Å²) in [5.74, 6) is -1.54. The van der Waals surface area contributed by atoms with Gasteiger partial charge in [0.1, 0.15) is 5.41 Å². The first-order valence-corrected chi connectivity index (χ1v) is 11.3. The van der Waals surface area contributed by atoms with Crippen LogP contribution >= 0.6 is 15.9 Å². The minimum atomic E-state index is -1.44. The number of benzene rings is 1. The molecule has 1 aromatic rings. The lowest BCUT2D eigenvalue weighted by Gasteiger charge is -2.30. The number of rotatable bonds is 6. The molecule has 2 amide bonds. The van der Waals surface area contributed by atoms with E-state index >= 15 is 0 Å². The fourth-order valence-corrected chi connectivity index (χ4v) is 3.54. The third kappa shape index (κ3) is 6.83. The van der Waals surface area contributed by atoms with E-state index in [2.05, 4.69) is 26.6 Å². The summed E-state index contributed by atoms with van der Waals surface area (Å²) < 4.78 is 6.51. The molecule has 30 heavy (non-hydrogen) atoms. The highest BCUT2D eigenvalue weighted by atomic mass is 79.9. The first kappa shape index (κ1) is 24.4. The van der Waals surface area contributed by atoms with Crippen LogP contribution < -0.4 is 10.6 Å². The van der Waals surface area contributed by atoms with E-state index in [4.69, 9.17) is 4.74 Å². The van der Waals surface area contributed by atoms with Crippen LogP contribution in [0.1, 0.15) is 78.4 Å². The number of nitrogens with one attached hydrogen (secondary N) is 2. The average Bonchev–Trinajstić information content (AvgIpc) is 2.66. The van der Waals surface area contributed by atoms with Gasteiger partial charge in [-0.2, -0.15) is 0 Å². The predicted octanol–water partition coefficient (Wildman–Crippen LogP) is 4.42. The van der Waals surface area contributed by atoms with Gasteiger partial charge in [0.25, 0.3) is 5.91 Å². The van der Waals surface area contributed by atoms with E-state index in [0.29, 0.717) is 5.56 Å². The summed E-state index contributed by atoms with van der Waals surface area (Å²) in [6.45, 7) is 8.54. The van der Waals surface area contributed by atoms with Gasteiger partial charge in [-0.05, 0) is 59.6 Å². The van der Waals surface area contributed by atoms with Gasteiger partial charge in [-0.3, -0.25) is 14.4 Å². The molecule has 2 rings (SSSR count). The fraction of sp³-hybridized carbons (Fsp3) is 0.609. The van der Waals surface area contributed by atoms with Crippen LogP contribution in [0.4, 0.5) is 0 Å². The minimum Gasteiger partial charge on any atom is -0.446 e. The van der Waals surface area contributed by atoms with Gasteiger partial charge >= 0.3 is 5.97 Å². The highest BCUT2D eigenvalue weighted by molar-refractivity contribution is 9.10. The van der Waals surface area contributed by atoms with Crippen LogP contribution in [0.25, 0.3) is 0 Å². The van der Waals surface area contributed by atoms with Gasteiger partial charge in [-0.1, -0.05) is 47.3 Å². The van der Waals surface area contributed by atoms with Crippen molar-refractivity contribution in [3.8, 4) is 0 Å². The summed E-state index contributed by atoms with van der Waals surface area (Å²) in [5.41, 5.74) is -1.36. The van der Waals surface area contributed by atoms with E-state index < -0.39 is 28.9 Å². The second kappa shape index (κ2) is 9.94. The van der Waals surface area contributed by atoms with E-state index in [-0.39, 0.29) is 11.9 Å². The molecule has 1 fully saturated rings. The number of carbonyl (C=O) groups is 3. The average molecular weight is 481 g/mol. The van der Waals surface area contributed by atoms with Crippen LogP contribution in [0.5, 0.6) is 0 Å². The molecule has 2 N–H and O–H groups in total. The molecule has 166 valence electrons. The number of amides is 2. The summed E-state index contributed by atoms with van der Waals surface area (Å²) in [6, 6.07) is 7.15. The molecule has 0 spiro atoms. The van der Waals surface area contributed by atoms with E-state index in [1.807, 2.05) is 20.8 Å². The molecule has 0 radical (unpaired) electrons. The van der Waals surface area contributed by atoms with Gasteiger partial charge in [0.2, 0.25) is 12.0 Å². The summed E-state index contributed by atoms with van der Waals surface area (Å²) in [5, 5.41) is 5.84. The topological polar surface area (TPSA) is 84.5 Å². The SMILES string of the molecule is CC(C)(C)NC(=O)C(C)(C)C(=O)OC(C(=O)NC1CCCCC1)c1ccc(Br)cc1. The molecule has 7 heteroatoms. The van der Waals surface area contributed by atoms with Crippen molar-refractivity contribution in [3.05, 3.63) is 34.3 Å². The molecule has 1 unspecified atom stereocenters. The van der Waals surface area contributed by atoms with Crippen LogP contribution in [0.2, 0.25) is 0 Å². The Kier molecular flexibility index (Phi) is 8.08. The fourth-order valence-electron chi connectivity index (χ4n) is 3.28. The van der Waals surface area contributed by atoms with Crippen LogP contribution in [0.15, 0.2) is 28.7 Å². The van der Waals surface area contributed by atoms with Gasteiger partial charge < -0.3 is 15.4 Å². The Morgan fingerprint density at radius 1 is 1.00 bits per heavy atom. The smallest absolute Gasteiger partial charge is 0.322 e. The molecule has 1 atom stereocenters. The van der Waals surface area contributed by atoms with Crippen molar-refractivity contribution in [3.63, 3.8) is 0 Å². The molecule has 6 nitrogen and oxygen atoms in total. The number of halogens is 1. The van der Waals surface area contributed by atoms with Crippen molar-refractivity contribution in [2.45, 2.75) is 84.4 Å². The third-order valence-corrected chi connectivity index (χ3v) is 5.68. The molecule has 1 saturated carbocycles. The van der Waals surface area contributed by atoms with Crippen molar-refractivity contribution in [2.75, 3.05) is 0 Å². The Morgan fingerprint density at radius 3 is 2.10 bits per heavy atom. The van der Waals surface area contributed by atoms with E-state index in [0.717, 1.165) is 30.2 Å². The van der Waals surface area contributed by atoms with E-state index in [1.165, 1.54) is 20.3 Å². The predicted molar refractivity (Wildman–Crippen MR) is 120 cm³/mol. The maximum atomic E-state index is 13.1. The van der Waals surface area contributed by atoms with Crippen molar-refractivity contribution < 1.29 is 19.1 Å². The minimum absolute atomic E-state index is 0.0834. The first-order chi connectivity index (χ1) is 13.9. The monoisotopic (exact) mass is 480 g/mol. The third-order valence-electron chi connectivity index (χ3n) is 5.15. The Bertz CT molecular complexity index is 762. The number of esters is 1. The summed E-state index contributed by atoms with van der Waals surface area (Å²) in [4.78, 5) is 38.7. The Balaban J connectivity index is 2.21. The van der Waals surface area contributed by atoms with Gasteiger partial charge in [-0.15, -0.1) is 0 Å². The largest absolute Gasteiger partial charge is 0.446 e. The van der Waals surface area contributed by atoms with Crippen LogP contribution in [-0.2, 0) is 19.1 Å². The lowest BCUT2D eigenvalue weighted by molar-refractivity contribution is -0.168. The van der Waals surface area contributed by atoms with E-state index in [9.17, 15) is 14.4 Å². The molecule has 0 saturated heterocycles. The summed E-state index contributed by atoms with van der Waals surface area (Å²) in [6.07, 6.45) is 4.06. The van der Waals surface area contributed by atoms with Crippen molar-refractivity contribution in [1.82, 2.24) is 10.6 Å². The molecular weight excluding hydrogens is 448 g/mol. The Morgan fingerprint density at radius 2 is 1.57 bits per heavy atom. The molecule has 0 bridgehead atoms. The zero-order valence-corrected chi connectivity index (χ0v) is 20.1. The molecular formula is C23H33BrN2O4. The van der Waals surface area contributed by atoms with Crippen molar-refractivity contribution in [2.24, 2.45) is 5.41 Å². The summed E-state index contributed by atoms with van der Waals surface area (Å²) in [7, 11) is 0. The molecule has 1 aliphatic rings. The molecule has 1 aliphatic carbocycles. The van der Waals surface area contributed by atoms with Crippen molar-refractivity contribution in [1.29, 1.82) is 0 Å². The normalized spacial score (nSPS) is 16.5. The lowest BCUT2D eigenvalue weighted by Crippen LogP contribution is -2.51. The van der Waals surface area contributed by atoms with Crippen LogP contribution in [0.3, 0.4) is 0 Å². The van der Waals surface area contributed by atoms with Gasteiger partial charge in [-0.25, -0.2) is 0 Å². The van der Waals surface area contributed by atoms with E-state index in [1.54, 1.807) is 24.3 Å². The first-order valence-electron chi connectivity index (χ1n) is 10.5. The maximum absolute atomic E-state index is 13.1.